The summed E-state index contributed by atoms with van der Waals surface area (Å²) in [6.45, 7) is 1.87. The summed E-state index contributed by atoms with van der Waals surface area (Å²) in [6, 6.07) is 3.73. The van der Waals surface area contributed by atoms with Crippen LogP contribution < -0.4 is 10.2 Å². The highest BCUT2D eigenvalue weighted by Gasteiger charge is 2.35. The van der Waals surface area contributed by atoms with Gasteiger partial charge in [0.25, 0.3) is 0 Å². The van der Waals surface area contributed by atoms with E-state index < -0.39 is 23.3 Å². The number of rotatable bonds is 6. The number of carbonyl (C=O) groups excluding carboxylic acids is 1. The maximum atomic E-state index is 13.2. The van der Waals surface area contributed by atoms with Gasteiger partial charge >= 0.3 is 6.18 Å². The van der Waals surface area contributed by atoms with Crippen molar-refractivity contribution in [3.8, 4) is 0 Å². The third-order valence-corrected chi connectivity index (χ3v) is 6.37. The van der Waals surface area contributed by atoms with Crippen LogP contribution in [0.3, 0.4) is 0 Å². The second-order valence-corrected chi connectivity index (χ2v) is 8.78. The molecule has 0 atom stereocenters. The van der Waals surface area contributed by atoms with Crippen molar-refractivity contribution in [2.24, 2.45) is 0 Å². The lowest BCUT2D eigenvalue weighted by Crippen LogP contribution is -2.32. The average molecular weight is 460 g/mol. The van der Waals surface area contributed by atoms with Gasteiger partial charge in [-0.15, -0.1) is 10.2 Å². The van der Waals surface area contributed by atoms with Gasteiger partial charge in [-0.05, 0) is 44.2 Å². The van der Waals surface area contributed by atoms with Crippen molar-refractivity contribution in [1.29, 1.82) is 0 Å². The highest BCUT2D eigenvalue weighted by Crippen LogP contribution is 2.42. The molecule has 4 rings (SSSR count). The molecule has 6 nitrogen and oxygen atoms in total. The van der Waals surface area contributed by atoms with Crippen LogP contribution in [0.4, 0.5) is 24.8 Å². The van der Waals surface area contributed by atoms with Gasteiger partial charge in [0.05, 0.1) is 22.0 Å². The number of nitrogens with zero attached hydrogens (tertiary/aromatic N) is 4. The Morgan fingerprint density at radius 2 is 1.93 bits per heavy atom. The fourth-order valence-electron chi connectivity index (χ4n) is 3.52. The standard InChI is InChI=1S/C19H21ClF3N5OS/c20-14-6-4-5-13(19(21,22)23)16(14)24-15(29)11-30-18-26-25-17(28(18)12-7-8-12)27-9-2-1-3-10-27/h4-6,12H,1-3,7-11H2,(H,24,29). The molecule has 1 aliphatic carbocycles. The van der Waals surface area contributed by atoms with Crippen molar-refractivity contribution in [3.05, 3.63) is 28.8 Å². The van der Waals surface area contributed by atoms with E-state index in [0.29, 0.717) is 11.2 Å². The van der Waals surface area contributed by atoms with Gasteiger partial charge in [-0.25, -0.2) is 0 Å². The van der Waals surface area contributed by atoms with E-state index in [1.54, 1.807) is 0 Å². The molecule has 11 heteroatoms. The lowest BCUT2D eigenvalue weighted by atomic mass is 10.1. The third kappa shape index (κ3) is 4.69. The number of hydrogen-bond donors (Lipinski definition) is 1. The van der Waals surface area contributed by atoms with Gasteiger partial charge in [0.2, 0.25) is 11.9 Å². The van der Waals surface area contributed by atoms with Crippen molar-refractivity contribution < 1.29 is 18.0 Å². The van der Waals surface area contributed by atoms with Crippen LogP contribution in [0.1, 0.15) is 43.7 Å². The summed E-state index contributed by atoms with van der Waals surface area (Å²) in [5.41, 5.74) is -1.39. The number of halogens is 4. The van der Waals surface area contributed by atoms with E-state index in [4.69, 9.17) is 11.6 Å². The maximum Gasteiger partial charge on any atom is 0.418 e. The quantitative estimate of drug-likeness (QED) is 0.615. The second-order valence-electron chi connectivity index (χ2n) is 7.43. The molecule has 1 aromatic heterocycles. The zero-order valence-corrected chi connectivity index (χ0v) is 17.7. The molecule has 1 N–H and O–H groups in total. The Kier molecular flexibility index (Phi) is 6.15. The predicted octanol–water partition coefficient (Wildman–Crippen LogP) is 5.01. The summed E-state index contributed by atoms with van der Waals surface area (Å²) >= 11 is 7.08. The number of carbonyl (C=O) groups is 1. The van der Waals surface area contributed by atoms with E-state index in [9.17, 15) is 18.0 Å². The molecule has 0 unspecified atom stereocenters. The number of thioether (sulfide) groups is 1. The molecule has 0 bridgehead atoms. The fourth-order valence-corrected chi connectivity index (χ4v) is 4.55. The van der Waals surface area contributed by atoms with Gasteiger partial charge in [-0.2, -0.15) is 13.2 Å². The molecule has 2 aliphatic rings. The summed E-state index contributed by atoms with van der Waals surface area (Å²) in [5, 5.41) is 11.4. The minimum absolute atomic E-state index is 0.0899. The van der Waals surface area contributed by atoms with E-state index in [-0.39, 0.29) is 10.8 Å². The number of para-hydroxylation sites is 1. The first-order valence-electron chi connectivity index (χ1n) is 9.83. The van der Waals surface area contributed by atoms with Gasteiger partial charge in [-0.3, -0.25) is 9.36 Å². The lowest BCUT2D eigenvalue weighted by molar-refractivity contribution is -0.137. The minimum atomic E-state index is -4.61. The maximum absolute atomic E-state index is 13.2. The zero-order chi connectivity index (χ0) is 21.3. The van der Waals surface area contributed by atoms with Crippen LogP contribution in [-0.4, -0.2) is 39.5 Å². The van der Waals surface area contributed by atoms with Crippen LogP contribution in [0.5, 0.6) is 0 Å². The smallest absolute Gasteiger partial charge is 0.341 e. The molecule has 1 aliphatic heterocycles. The first-order chi connectivity index (χ1) is 14.3. The Morgan fingerprint density at radius 3 is 2.60 bits per heavy atom. The summed E-state index contributed by atoms with van der Waals surface area (Å²) in [4.78, 5) is 14.6. The van der Waals surface area contributed by atoms with Crippen molar-refractivity contribution in [1.82, 2.24) is 14.8 Å². The second kappa shape index (κ2) is 8.66. The zero-order valence-electron chi connectivity index (χ0n) is 16.1. The molecule has 2 aromatic rings. The molecule has 162 valence electrons. The van der Waals surface area contributed by atoms with Gasteiger partial charge in [0.1, 0.15) is 0 Å². The van der Waals surface area contributed by atoms with Crippen LogP contribution >= 0.6 is 23.4 Å². The average Bonchev–Trinajstić information content (AvgIpc) is 3.46. The molecule has 1 saturated carbocycles. The van der Waals surface area contributed by atoms with Gasteiger partial charge < -0.3 is 10.2 Å². The molecular formula is C19H21ClF3N5OS. The minimum Gasteiger partial charge on any atom is -0.341 e. The van der Waals surface area contributed by atoms with Crippen molar-refractivity contribution in [2.45, 2.75) is 49.5 Å². The van der Waals surface area contributed by atoms with Crippen LogP contribution in [0.25, 0.3) is 0 Å². The molecule has 0 spiro atoms. The summed E-state index contributed by atoms with van der Waals surface area (Å²) < 4.78 is 41.7. The molecule has 1 amide bonds. The number of piperidine rings is 1. The first kappa shape index (κ1) is 21.3. The van der Waals surface area contributed by atoms with Crippen molar-refractivity contribution in [3.63, 3.8) is 0 Å². The van der Waals surface area contributed by atoms with Crippen LogP contribution in [0.15, 0.2) is 23.4 Å². The Hall–Kier alpha value is -1.94. The Bertz CT molecular complexity index is 925. The summed E-state index contributed by atoms with van der Waals surface area (Å²) in [7, 11) is 0. The molecular weight excluding hydrogens is 439 g/mol. The molecule has 0 radical (unpaired) electrons. The van der Waals surface area contributed by atoms with Crippen LogP contribution in [-0.2, 0) is 11.0 Å². The fraction of sp³-hybridized carbons (Fsp3) is 0.526. The predicted molar refractivity (Wildman–Crippen MR) is 110 cm³/mol. The van der Waals surface area contributed by atoms with Gasteiger partial charge in [0.15, 0.2) is 5.16 Å². The lowest BCUT2D eigenvalue weighted by Gasteiger charge is -2.27. The number of hydrogen-bond acceptors (Lipinski definition) is 5. The van der Waals surface area contributed by atoms with E-state index in [2.05, 4.69) is 25.0 Å². The number of aromatic nitrogens is 3. The van der Waals surface area contributed by atoms with Gasteiger partial charge in [0, 0.05) is 19.1 Å². The van der Waals surface area contributed by atoms with Crippen LogP contribution in [0, 0.1) is 0 Å². The Morgan fingerprint density at radius 1 is 1.20 bits per heavy atom. The Balaban J connectivity index is 1.46. The normalized spacial score (nSPS) is 17.3. The third-order valence-electron chi connectivity index (χ3n) is 5.11. The van der Waals surface area contributed by atoms with Crippen molar-refractivity contribution >= 4 is 40.9 Å². The molecule has 1 saturated heterocycles. The van der Waals surface area contributed by atoms with E-state index >= 15 is 0 Å². The molecule has 2 heterocycles. The SMILES string of the molecule is O=C(CSc1nnc(N2CCCCC2)n1C1CC1)Nc1c(Cl)cccc1C(F)(F)F. The summed E-state index contributed by atoms with van der Waals surface area (Å²) in [5.74, 6) is 0.155. The number of alkyl halides is 3. The number of benzene rings is 1. The summed E-state index contributed by atoms with van der Waals surface area (Å²) in [6.07, 6.45) is 0.887. The molecule has 30 heavy (non-hydrogen) atoms. The number of amides is 1. The topological polar surface area (TPSA) is 63.1 Å². The van der Waals surface area contributed by atoms with Crippen LogP contribution in [0.2, 0.25) is 5.02 Å². The first-order valence-corrected chi connectivity index (χ1v) is 11.2. The number of anilines is 2. The number of nitrogens with one attached hydrogen (secondary N) is 1. The monoisotopic (exact) mass is 459 g/mol. The van der Waals surface area contributed by atoms with E-state index in [1.807, 2.05) is 0 Å². The molecule has 1 aromatic carbocycles. The largest absolute Gasteiger partial charge is 0.418 e. The highest BCUT2D eigenvalue weighted by molar-refractivity contribution is 7.99. The van der Waals surface area contributed by atoms with E-state index in [0.717, 1.165) is 50.8 Å². The Labute approximate surface area is 181 Å². The highest BCUT2D eigenvalue weighted by atomic mass is 35.5. The van der Waals surface area contributed by atoms with E-state index in [1.165, 1.54) is 30.3 Å². The van der Waals surface area contributed by atoms with Gasteiger partial charge in [-0.1, -0.05) is 29.4 Å². The molecule has 2 fully saturated rings. The van der Waals surface area contributed by atoms with Crippen molar-refractivity contribution in [2.75, 3.05) is 29.1 Å².